The molecule has 0 spiro atoms. The van der Waals surface area contributed by atoms with E-state index in [-0.39, 0.29) is 34.9 Å². The summed E-state index contributed by atoms with van der Waals surface area (Å²) in [5.41, 5.74) is 0. The Hall–Kier alpha value is 0.114. The first kappa shape index (κ1) is 18.0. The second-order valence-electron chi connectivity index (χ2n) is 1.64. The van der Waals surface area contributed by atoms with Gasteiger partial charge in [0, 0.05) is 34.9 Å². The Kier molecular flexibility index (Phi) is 33.7. The summed E-state index contributed by atoms with van der Waals surface area (Å²) >= 11 is 0. The number of aliphatic hydroxyl groups is 2. The van der Waals surface area contributed by atoms with Crippen LogP contribution in [-0.2, 0) is 21.7 Å². The molecule has 0 heterocycles. The van der Waals surface area contributed by atoms with Gasteiger partial charge in [-0.25, -0.2) is 12.2 Å². The first-order valence-electron chi connectivity index (χ1n) is 3.76. The quantitative estimate of drug-likeness (QED) is 0.462. The van der Waals surface area contributed by atoms with E-state index in [9.17, 15) is 0 Å². The Morgan fingerprint density at radius 2 is 1.67 bits per heavy atom. The van der Waals surface area contributed by atoms with Gasteiger partial charge in [0.25, 0.3) is 0 Å². The summed E-state index contributed by atoms with van der Waals surface area (Å²) in [6.07, 6.45) is 10.0. The zero-order valence-electron chi connectivity index (χ0n) is 7.75. The van der Waals surface area contributed by atoms with Crippen molar-refractivity contribution < 1.29 is 31.9 Å². The third kappa shape index (κ3) is 32.1. The zero-order chi connectivity index (χ0) is 8.95. The first-order valence-corrected chi connectivity index (χ1v) is 3.76. The Labute approximate surface area is 89.9 Å². The molecule has 0 aromatic heterocycles. The molecule has 2 N–H and O–H groups in total. The largest absolute Gasteiger partial charge is 0.397 e. The number of rotatable bonds is 0. The fourth-order valence-corrected chi connectivity index (χ4v) is 0.340. The normalized spacial score (nSPS) is 10.3. The van der Waals surface area contributed by atoms with E-state index >= 15 is 0 Å². The molecular weight excluding hydrogens is 188 g/mol. The van der Waals surface area contributed by atoms with Crippen molar-refractivity contribution in [3.8, 4) is 0 Å². The second-order valence-corrected chi connectivity index (χ2v) is 1.64. The van der Waals surface area contributed by atoms with Crippen LogP contribution in [0.3, 0.4) is 0 Å². The van der Waals surface area contributed by atoms with Gasteiger partial charge in [-0.2, -0.15) is 6.08 Å². The van der Waals surface area contributed by atoms with E-state index in [4.69, 9.17) is 10.2 Å². The predicted molar refractivity (Wildman–Crippen MR) is 47.1 cm³/mol. The zero-order valence-corrected chi connectivity index (χ0v) is 9.31. The summed E-state index contributed by atoms with van der Waals surface area (Å²) in [4.78, 5) is 0. The van der Waals surface area contributed by atoms with Crippen LogP contribution in [0.4, 0.5) is 0 Å². The van der Waals surface area contributed by atoms with E-state index in [1.807, 2.05) is 12.2 Å². The van der Waals surface area contributed by atoms with Crippen molar-refractivity contribution >= 4 is 0 Å². The summed E-state index contributed by atoms with van der Waals surface area (Å²) in [6, 6.07) is 0. The van der Waals surface area contributed by atoms with Crippen molar-refractivity contribution in [2.45, 2.75) is 20.3 Å². The molecule has 0 radical (unpaired) electrons. The topological polar surface area (TPSA) is 40.5 Å². The van der Waals surface area contributed by atoms with Crippen LogP contribution < -0.4 is 0 Å². The molecule has 0 aliphatic heterocycles. The van der Waals surface area contributed by atoms with Crippen molar-refractivity contribution in [2.24, 2.45) is 0 Å². The predicted octanol–water partition coefficient (Wildman–Crippen LogP) is 1.30. The number of hydrogen-bond acceptors (Lipinski definition) is 2. The molecule has 0 atom stereocenters. The first-order chi connectivity index (χ1) is 5.33. The van der Waals surface area contributed by atoms with Crippen LogP contribution in [0.25, 0.3) is 0 Å². The SMILES string of the molecule is CCO.CCO.[C-]1=CC=CC1.[Ti]. The number of hydrogen-bond donors (Lipinski definition) is 2. The van der Waals surface area contributed by atoms with E-state index in [0.717, 1.165) is 6.42 Å². The second kappa shape index (κ2) is 22.5. The van der Waals surface area contributed by atoms with E-state index < -0.39 is 0 Å². The van der Waals surface area contributed by atoms with Crippen LogP contribution in [0.1, 0.15) is 20.3 Å². The van der Waals surface area contributed by atoms with E-state index in [2.05, 4.69) is 12.2 Å². The fraction of sp³-hybridized carbons (Fsp3) is 0.556. The summed E-state index contributed by atoms with van der Waals surface area (Å²) in [5, 5.41) is 15.1. The van der Waals surface area contributed by atoms with Gasteiger partial charge < -0.3 is 10.2 Å². The number of allylic oxidation sites excluding steroid dienone is 4. The van der Waals surface area contributed by atoms with Crippen molar-refractivity contribution in [1.82, 2.24) is 0 Å². The van der Waals surface area contributed by atoms with Crippen LogP contribution >= 0.6 is 0 Å². The van der Waals surface area contributed by atoms with Crippen LogP contribution in [0.5, 0.6) is 0 Å². The Morgan fingerprint density at radius 1 is 1.25 bits per heavy atom. The number of aliphatic hydroxyl groups excluding tert-OH is 2. The molecule has 0 amide bonds. The standard InChI is InChI=1S/C5H5.2C2H6O.Ti/c1-2-4-5-3-1;2*1-2-3;/h1-3H,4H2;2*3H,2H2,1H3;/q-1;;;. The molecule has 12 heavy (non-hydrogen) atoms. The van der Waals surface area contributed by atoms with Gasteiger partial charge >= 0.3 is 0 Å². The van der Waals surface area contributed by atoms with Crippen molar-refractivity contribution in [2.75, 3.05) is 13.2 Å². The van der Waals surface area contributed by atoms with Crippen LogP contribution in [0.15, 0.2) is 18.2 Å². The van der Waals surface area contributed by atoms with Gasteiger partial charge in [0.1, 0.15) is 0 Å². The Morgan fingerprint density at radius 3 is 1.75 bits per heavy atom. The van der Waals surface area contributed by atoms with Crippen molar-refractivity contribution in [3.05, 3.63) is 24.3 Å². The van der Waals surface area contributed by atoms with Gasteiger partial charge in [-0.15, -0.1) is 6.42 Å². The summed E-state index contributed by atoms with van der Waals surface area (Å²) in [7, 11) is 0. The Balaban J connectivity index is -0.000000104. The molecular formula is C9H17O2Ti-. The van der Waals surface area contributed by atoms with Crippen LogP contribution in [0, 0.1) is 6.08 Å². The van der Waals surface area contributed by atoms with Crippen LogP contribution in [-0.4, -0.2) is 23.4 Å². The van der Waals surface area contributed by atoms with Gasteiger partial charge in [-0.3, -0.25) is 6.08 Å². The third-order valence-corrected chi connectivity index (χ3v) is 0.586. The molecule has 3 heteroatoms. The molecule has 1 aliphatic carbocycles. The average Bonchev–Trinajstić information content (AvgIpc) is 2.44. The minimum atomic E-state index is 0. The molecule has 0 unspecified atom stereocenters. The van der Waals surface area contributed by atoms with Gasteiger partial charge in [0.2, 0.25) is 0 Å². The van der Waals surface area contributed by atoms with Crippen molar-refractivity contribution in [3.63, 3.8) is 0 Å². The van der Waals surface area contributed by atoms with E-state index in [0.29, 0.717) is 0 Å². The van der Waals surface area contributed by atoms with Gasteiger partial charge in [-0.05, 0) is 13.8 Å². The molecule has 1 rings (SSSR count). The molecule has 1 aliphatic rings. The fourth-order valence-electron chi connectivity index (χ4n) is 0.340. The van der Waals surface area contributed by atoms with Crippen molar-refractivity contribution in [1.29, 1.82) is 0 Å². The molecule has 0 aromatic carbocycles. The maximum absolute atomic E-state index is 7.57. The maximum atomic E-state index is 7.57. The molecule has 70 valence electrons. The summed E-state index contributed by atoms with van der Waals surface area (Å²) < 4.78 is 0. The molecule has 2 nitrogen and oxygen atoms in total. The maximum Gasteiger partial charge on any atom is 0.0402 e. The third-order valence-electron chi connectivity index (χ3n) is 0.586. The monoisotopic (exact) mass is 205 g/mol. The molecule has 0 aromatic rings. The molecule has 0 saturated heterocycles. The minimum Gasteiger partial charge on any atom is -0.397 e. The molecule has 0 bridgehead atoms. The Bertz CT molecular complexity index is 88.7. The molecule has 0 saturated carbocycles. The molecule has 0 fully saturated rings. The van der Waals surface area contributed by atoms with E-state index in [1.54, 1.807) is 13.8 Å². The van der Waals surface area contributed by atoms with Gasteiger partial charge in [0.05, 0.1) is 0 Å². The van der Waals surface area contributed by atoms with E-state index in [1.165, 1.54) is 0 Å². The summed E-state index contributed by atoms with van der Waals surface area (Å²) in [5.74, 6) is 0. The minimum absolute atomic E-state index is 0. The smallest absolute Gasteiger partial charge is 0.0402 e. The van der Waals surface area contributed by atoms with Gasteiger partial charge in [0.15, 0.2) is 0 Å². The average molecular weight is 205 g/mol. The van der Waals surface area contributed by atoms with Gasteiger partial charge in [-0.1, -0.05) is 0 Å². The summed E-state index contributed by atoms with van der Waals surface area (Å²) in [6.45, 7) is 3.86. The van der Waals surface area contributed by atoms with Crippen LogP contribution in [0.2, 0.25) is 0 Å².